The van der Waals surface area contributed by atoms with Gasteiger partial charge in [0.25, 0.3) is 0 Å². The lowest BCUT2D eigenvalue weighted by Crippen LogP contribution is -2.05. The van der Waals surface area contributed by atoms with Gasteiger partial charge in [0, 0.05) is 24.4 Å². The molecule has 0 aliphatic heterocycles. The van der Waals surface area contributed by atoms with Gasteiger partial charge in [-0.3, -0.25) is 9.67 Å². The summed E-state index contributed by atoms with van der Waals surface area (Å²) in [5, 5.41) is 4.12. The summed E-state index contributed by atoms with van der Waals surface area (Å²) in [6, 6.07) is 2.45. The molecular weight excluding hydrogens is 332 g/mol. The van der Waals surface area contributed by atoms with Gasteiger partial charge in [-0.1, -0.05) is 31.9 Å². The van der Waals surface area contributed by atoms with Crippen molar-refractivity contribution < 1.29 is 8.78 Å². The molecule has 1 heterocycles. The normalized spacial score (nSPS) is 12.6. The zero-order chi connectivity index (χ0) is 19.4. The van der Waals surface area contributed by atoms with Crippen LogP contribution in [-0.2, 0) is 7.05 Å². The molecule has 0 bridgehead atoms. The Morgan fingerprint density at radius 2 is 1.81 bits per heavy atom. The van der Waals surface area contributed by atoms with E-state index in [9.17, 15) is 8.78 Å². The number of hydrogen-bond acceptors (Lipinski definition) is 2. The zero-order valence-corrected chi connectivity index (χ0v) is 15.2. The molecule has 0 spiro atoms. The number of halogens is 2. The van der Waals surface area contributed by atoms with E-state index in [4.69, 9.17) is 0 Å². The minimum absolute atomic E-state index is 0.177. The Labute approximate surface area is 152 Å². The summed E-state index contributed by atoms with van der Waals surface area (Å²) >= 11 is 0. The van der Waals surface area contributed by atoms with Crippen LogP contribution in [0, 0.1) is 11.6 Å². The Morgan fingerprint density at radius 1 is 1.19 bits per heavy atom. The number of aliphatic imine (C=N–C) groups is 1. The van der Waals surface area contributed by atoms with Crippen molar-refractivity contribution in [2.24, 2.45) is 12.0 Å². The fraction of sp³-hybridized carbons (Fsp3) is 0.143. The Bertz CT molecular complexity index is 923. The van der Waals surface area contributed by atoms with Gasteiger partial charge in [-0.2, -0.15) is 5.10 Å². The van der Waals surface area contributed by atoms with Crippen LogP contribution >= 0.6 is 0 Å². The maximum Gasteiger partial charge on any atom is 0.135 e. The molecule has 134 valence electrons. The van der Waals surface area contributed by atoms with Crippen LogP contribution in [0.2, 0.25) is 0 Å². The third kappa shape index (κ3) is 3.94. The van der Waals surface area contributed by atoms with Crippen molar-refractivity contribution in [3.8, 4) is 0 Å². The van der Waals surface area contributed by atoms with Crippen LogP contribution in [0.3, 0.4) is 0 Å². The maximum absolute atomic E-state index is 14.4. The smallest absolute Gasteiger partial charge is 0.135 e. The highest BCUT2D eigenvalue weighted by Gasteiger charge is 2.16. The van der Waals surface area contributed by atoms with Crippen LogP contribution in [0.1, 0.15) is 30.5 Å². The molecule has 0 saturated heterocycles. The van der Waals surface area contributed by atoms with Crippen molar-refractivity contribution in [1.29, 1.82) is 0 Å². The highest BCUT2D eigenvalue weighted by Crippen LogP contribution is 2.27. The first kappa shape index (κ1) is 19.2. The summed E-state index contributed by atoms with van der Waals surface area (Å²) in [6.45, 7) is 14.7. The van der Waals surface area contributed by atoms with Gasteiger partial charge in [0.1, 0.15) is 11.6 Å². The van der Waals surface area contributed by atoms with Gasteiger partial charge in [-0.25, -0.2) is 8.78 Å². The van der Waals surface area contributed by atoms with E-state index in [0.29, 0.717) is 16.8 Å². The number of aryl methyl sites for hydroxylation is 1. The lowest BCUT2D eigenvalue weighted by molar-refractivity contribution is 0.578. The summed E-state index contributed by atoms with van der Waals surface area (Å²) in [6.07, 6.45) is 6.47. The van der Waals surface area contributed by atoms with Crippen LogP contribution in [0.4, 0.5) is 8.78 Å². The second kappa shape index (κ2) is 7.87. The van der Waals surface area contributed by atoms with Crippen LogP contribution in [-0.4, -0.2) is 15.5 Å². The molecule has 3 nitrogen and oxygen atoms in total. The molecule has 0 unspecified atom stereocenters. The van der Waals surface area contributed by atoms with Crippen molar-refractivity contribution in [2.75, 3.05) is 0 Å². The molecule has 1 aromatic heterocycles. The molecule has 0 atom stereocenters. The van der Waals surface area contributed by atoms with Gasteiger partial charge in [-0.05, 0) is 37.1 Å². The minimum atomic E-state index is -0.691. The van der Waals surface area contributed by atoms with Crippen LogP contribution in [0.25, 0.3) is 11.6 Å². The Kier molecular flexibility index (Phi) is 5.82. The number of nitrogens with zero attached hydrogens (tertiary/aromatic N) is 3. The van der Waals surface area contributed by atoms with Gasteiger partial charge < -0.3 is 0 Å². The van der Waals surface area contributed by atoms with Gasteiger partial charge in [0.15, 0.2) is 0 Å². The molecule has 0 aliphatic rings. The zero-order valence-electron chi connectivity index (χ0n) is 15.2. The predicted octanol–water partition coefficient (Wildman–Crippen LogP) is 5.32. The first-order valence-electron chi connectivity index (χ1n) is 7.97. The summed E-state index contributed by atoms with van der Waals surface area (Å²) in [5.74, 6) is -1.38. The van der Waals surface area contributed by atoms with Gasteiger partial charge >= 0.3 is 0 Å². The molecule has 0 fully saturated rings. The summed E-state index contributed by atoms with van der Waals surface area (Å²) in [7, 11) is 1.79. The Balaban J connectivity index is 2.57. The molecule has 0 radical (unpaired) electrons. The van der Waals surface area contributed by atoms with Crippen molar-refractivity contribution in [1.82, 2.24) is 9.78 Å². The van der Waals surface area contributed by atoms with Crippen LogP contribution < -0.4 is 0 Å². The Hall–Kier alpha value is -3.08. The summed E-state index contributed by atoms with van der Waals surface area (Å²) in [4.78, 5) is 4.46. The second-order valence-corrected chi connectivity index (χ2v) is 5.88. The van der Waals surface area contributed by atoms with E-state index < -0.39 is 11.6 Å². The molecule has 5 heteroatoms. The van der Waals surface area contributed by atoms with Crippen molar-refractivity contribution >= 4 is 17.4 Å². The number of hydrogen-bond donors (Lipinski definition) is 0. The van der Waals surface area contributed by atoms with E-state index in [-0.39, 0.29) is 11.3 Å². The summed E-state index contributed by atoms with van der Waals surface area (Å²) < 4.78 is 30.4. The third-order valence-electron chi connectivity index (χ3n) is 3.96. The van der Waals surface area contributed by atoms with Gasteiger partial charge in [-0.15, -0.1) is 0 Å². The molecule has 26 heavy (non-hydrogen) atoms. The van der Waals surface area contributed by atoms with E-state index in [1.54, 1.807) is 37.1 Å². The first-order valence-corrected chi connectivity index (χ1v) is 7.97. The molecule has 2 rings (SSSR count). The number of aromatic nitrogens is 2. The molecular formula is C21H21F2N3. The van der Waals surface area contributed by atoms with E-state index in [1.807, 2.05) is 6.92 Å². The third-order valence-corrected chi connectivity index (χ3v) is 3.96. The van der Waals surface area contributed by atoms with Crippen molar-refractivity contribution in [3.63, 3.8) is 0 Å². The topological polar surface area (TPSA) is 30.2 Å². The van der Waals surface area contributed by atoms with Gasteiger partial charge in [0.05, 0.1) is 23.2 Å². The van der Waals surface area contributed by atoms with E-state index >= 15 is 0 Å². The fourth-order valence-electron chi connectivity index (χ4n) is 2.48. The quantitative estimate of drug-likeness (QED) is 0.510. The molecule has 0 N–H and O–H groups in total. The highest BCUT2D eigenvalue weighted by atomic mass is 19.1. The lowest BCUT2D eigenvalue weighted by atomic mass is 10.0. The average molecular weight is 353 g/mol. The van der Waals surface area contributed by atoms with E-state index in [2.05, 4.69) is 29.8 Å². The SMILES string of the molecule is C=C/C(C)=C(\N=C(/C)c1c(F)cc(C=C)cc1F)C(=C)c1cnn(C)c1. The van der Waals surface area contributed by atoms with Crippen molar-refractivity contribution in [3.05, 3.63) is 89.9 Å². The molecule has 0 amide bonds. The number of allylic oxidation sites excluding steroid dienone is 3. The molecule has 2 aromatic rings. The predicted molar refractivity (Wildman–Crippen MR) is 104 cm³/mol. The second-order valence-electron chi connectivity index (χ2n) is 5.88. The lowest BCUT2D eigenvalue weighted by Gasteiger charge is -2.11. The Morgan fingerprint density at radius 3 is 2.27 bits per heavy atom. The standard InChI is InChI=1S/C21H21F2N3/c1-7-13(3)21(14(4)17-11-24-26(6)12-17)25-15(5)20-18(22)9-16(8-2)10-19(20)23/h7-12H,1-2,4H2,3,5-6H3/b21-13-,25-15+. The monoisotopic (exact) mass is 353 g/mol. The largest absolute Gasteiger partial charge is 0.275 e. The van der Waals surface area contributed by atoms with Crippen LogP contribution in [0.15, 0.2) is 66.6 Å². The summed E-state index contributed by atoms with van der Waals surface area (Å²) in [5.41, 5.74) is 3.00. The molecule has 0 saturated carbocycles. The van der Waals surface area contributed by atoms with Crippen LogP contribution in [0.5, 0.6) is 0 Å². The number of rotatable bonds is 6. The number of benzene rings is 1. The van der Waals surface area contributed by atoms with Gasteiger partial charge in [0.2, 0.25) is 0 Å². The van der Waals surface area contributed by atoms with E-state index in [0.717, 1.165) is 11.1 Å². The van der Waals surface area contributed by atoms with Crippen molar-refractivity contribution in [2.45, 2.75) is 13.8 Å². The highest BCUT2D eigenvalue weighted by molar-refractivity contribution is 6.01. The average Bonchev–Trinajstić information content (AvgIpc) is 3.04. The fourth-order valence-corrected chi connectivity index (χ4v) is 2.48. The molecule has 0 aliphatic carbocycles. The van der Waals surface area contributed by atoms with E-state index in [1.165, 1.54) is 18.2 Å². The first-order chi connectivity index (χ1) is 12.3. The maximum atomic E-state index is 14.4. The minimum Gasteiger partial charge on any atom is -0.275 e. The molecule has 1 aromatic carbocycles.